The molecule has 0 fully saturated rings. The van der Waals surface area contributed by atoms with Crippen molar-refractivity contribution in [1.82, 2.24) is 10.6 Å². The van der Waals surface area contributed by atoms with Gasteiger partial charge >= 0.3 is 0 Å². The standard InChI is InChI=1S/C15H24N2O4/c1-11(2)10-20-8-5-7-16-14(18)12(3)17-15(19)13-6-4-9-21-13/h4,6,9,11-12H,5,7-8,10H2,1-3H3,(H,16,18)(H,17,19). The highest BCUT2D eigenvalue weighted by Gasteiger charge is 2.17. The zero-order chi connectivity index (χ0) is 15.7. The molecule has 118 valence electrons. The first-order chi connectivity index (χ1) is 10.0. The molecular weight excluding hydrogens is 272 g/mol. The average molecular weight is 296 g/mol. The number of furan rings is 1. The Bertz CT molecular complexity index is 429. The first-order valence-corrected chi connectivity index (χ1v) is 7.20. The van der Waals surface area contributed by atoms with Crippen molar-refractivity contribution in [2.45, 2.75) is 33.2 Å². The van der Waals surface area contributed by atoms with Crippen LogP contribution < -0.4 is 10.6 Å². The van der Waals surface area contributed by atoms with Gasteiger partial charge in [0.2, 0.25) is 5.91 Å². The number of carbonyl (C=O) groups excluding carboxylic acids is 2. The van der Waals surface area contributed by atoms with Gasteiger partial charge in [0, 0.05) is 19.8 Å². The van der Waals surface area contributed by atoms with Gasteiger partial charge < -0.3 is 19.8 Å². The number of amides is 2. The van der Waals surface area contributed by atoms with Crippen molar-refractivity contribution in [2.24, 2.45) is 5.92 Å². The fourth-order valence-electron chi connectivity index (χ4n) is 1.60. The molecule has 1 aromatic rings. The van der Waals surface area contributed by atoms with E-state index in [0.717, 1.165) is 13.0 Å². The second-order valence-electron chi connectivity index (χ2n) is 5.29. The summed E-state index contributed by atoms with van der Waals surface area (Å²) in [5.41, 5.74) is 0. The minimum Gasteiger partial charge on any atom is -0.459 e. The van der Waals surface area contributed by atoms with Crippen LogP contribution in [-0.4, -0.2) is 37.6 Å². The smallest absolute Gasteiger partial charge is 0.287 e. The summed E-state index contributed by atoms with van der Waals surface area (Å²) in [7, 11) is 0. The first kappa shape index (κ1) is 17.2. The third kappa shape index (κ3) is 6.94. The molecule has 0 aliphatic rings. The summed E-state index contributed by atoms with van der Waals surface area (Å²) < 4.78 is 10.4. The third-order valence-corrected chi connectivity index (χ3v) is 2.70. The van der Waals surface area contributed by atoms with Gasteiger partial charge in [-0.15, -0.1) is 0 Å². The average Bonchev–Trinajstić information content (AvgIpc) is 2.96. The number of ether oxygens (including phenoxy) is 1. The lowest BCUT2D eigenvalue weighted by atomic mass is 10.2. The summed E-state index contributed by atoms with van der Waals surface area (Å²) in [6.07, 6.45) is 2.16. The SMILES string of the molecule is CC(C)COCCCNC(=O)C(C)NC(=O)c1ccco1. The van der Waals surface area contributed by atoms with Crippen molar-refractivity contribution in [1.29, 1.82) is 0 Å². The van der Waals surface area contributed by atoms with E-state index < -0.39 is 11.9 Å². The Hall–Kier alpha value is -1.82. The van der Waals surface area contributed by atoms with Crippen LogP contribution in [0.2, 0.25) is 0 Å². The molecule has 1 unspecified atom stereocenters. The summed E-state index contributed by atoms with van der Waals surface area (Å²) in [6.45, 7) is 7.68. The maximum atomic E-state index is 11.8. The Kier molecular flexibility index (Phi) is 7.53. The van der Waals surface area contributed by atoms with Crippen LogP contribution in [0.15, 0.2) is 22.8 Å². The summed E-state index contributed by atoms with van der Waals surface area (Å²) in [6, 6.07) is 2.56. The topological polar surface area (TPSA) is 80.6 Å². The maximum absolute atomic E-state index is 11.8. The van der Waals surface area contributed by atoms with Gasteiger partial charge in [-0.05, 0) is 31.4 Å². The molecule has 2 N–H and O–H groups in total. The van der Waals surface area contributed by atoms with Crippen LogP contribution in [0, 0.1) is 5.92 Å². The molecule has 0 saturated heterocycles. The number of nitrogens with one attached hydrogen (secondary N) is 2. The van der Waals surface area contributed by atoms with E-state index in [-0.39, 0.29) is 11.7 Å². The van der Waals surface area contributed by atoms with Crippen LogP contribution in [0.25, 0.3) is 0 Å². The lowest BCUT2D eigenvalue weighted by Gasteiger charge is -2.13. The Morgan fingerprint density at radius 3 is 2.71 bits per heavy atom. The van der Waals surface area contributed by atoms with Gasteiger partial charge in [-0.1, -0.05) is 13.8 Å². The number of carbonyl (C=O) groups is 2. The van der Waals surface area contributed by atoms with Gasteiger partial charge in [-0.25, -0.2) is 0 Å². The van der Waals surface area contributed by atoms with Gasteiger partial charge in [0.25, 0.3) is 5.91 Å². The molecule has 6 heteroatoms. The van der Waals surface area contributed by atoms with E-state index in [9.17, 15) is 9.59 Å². The number of rotatable bonds is 9. The Balaban J connectivity index is 2.15. The molecule has 0 saturated carbocycles. The van der Waals surface area contributed by atoms with E-state index in [1.54, 1.807) is 19.1 Å². The van der Waals surface area contributed by atoms with Gasteiger partial charge in [-0.2, -0.15) is 0 Å². The second kappa shape index (κ2) is 9.18. The quantitative estimate of drug-likeness (QED) is 0.678. The molecule has 1 heterocycles. The highest BCUT2D eigenvalue weighted by atomic mass is 16.5. The van der Waals surface area contributed by atoms with Crippen molar-refractivity contribution in [2.75, 3.05) is 19.8 Å². The minimum atomic E-state index is -0.612. The summed E-state index contributed by atoms with van der Waals surface area (Å²) in [5.74, 6) is 0.0786. The summed E-state index contributed by atoms with van der Waals surface area (Å²) >= 11 is 0. The van der Waals surface area contributed by atoms with Crippen molar-refractivity contribution < 1.29 is 18.7 Å². The predicted molar refractivity (Wildman–Crippen MR) is 78.9 cm³/mol. The molecule has 0 aromatic carbocycles. The Morgan fingerprint density at radius 1 is 1.33 bits per heavy atom. The lowest BCUT2D eigenvalue weighted by Crippen LogP contribution is -2.45. The van der Waals surface area contributed by atoms with E-state index in [0.29, 0.717) is 19.1 Å². The molecule has 1 aromatic heterocycles. The van der Waals surface area contributed by atoms with Crippen LogP contribution >= 0.6 is 0 Å². The van der Waals surface area contributed by atoms with Crippen LogP contribution in [-0.2, 0) is 9.53 Å². The molecule has 1 rings (SSSR count). The number of hydrogen-bond donors (Lipinski definition) is 2. The minimum absolute atomic E-state index is 0.191. The monoisotopic (exact) mass is 296 g/mol. The summed E-state index contributed by atoms with van der Waals surface area (Å²) in [5, 5.41) is 5.33. The van der Waals surface area contributed by atoms with E-state index in [1.165, 1.54) is 6.26 Å². The lowest BCUT2D eigenvalue weighted by molar-refractivity contribution is -0.122. The van der Waals surface area contributed by atoms with Crippen molar-refractivity contribution >= 4 is 11.8 Å². The van der Waals surface area contributed by atoms with Gasteiger partial charge in [0.1, 0.15) is 6.04 Å². The zero-order valence-corrected chi connectivity index (χ0v) is 12.8. The summed E-state index contributed by atoms with van der Waals surface area (Å²) in [4.78, 5) is 23.5. The van der Waals surface area contributed by atoms with Crippen LogP contribution in [0.4, 0.5) is 0 Å². The van der Waals surface area contributed by atoms with E-state index in [2.05, 4.69) is 24.5 Å². The largest absolute Gasteiger partial charge is 0.459 e. The molecule has 2 amide bonds. The first-order valence-electron chi connectivity index (χ1n) is 7.20. The molecule has 0 bridgehead atoms. The van der Waals surface area contributed by atoms with Crippen molar-refractivity contribution in [3.63, 3.8) is 0 Å². The predicted octanol–water partition coefficient (Wildman–Crippen LogP) is 1.58. The molecule has 21 heavy (non-hydrogen) atoms. The van der Waals surface area contributed by atoms with Crippen molar-refractivity contribution in [3.8, 4) is 0 Å². The fraction of sp³-hybridized carbons (Fsp3) is 0.600. The molecule has 6 nitrogen and oxygen atoms in total. The molecule has 0 aliphatic carbocycles. The Labute approximate surface area is 125 Å². The van der Waals surface area contributed by atoms with Gasteiger partial charge in [0.15, 0.2) is 5.76 Å². The van der Waals surface area contributed by atoms with Crippen LogP contribution in [0.1, 0.15) is 37.7 Å². The second-order valence-corrected chi connectivity index (χ2v) is 5.29. The van der Waals surface area contributed by atoms with Crippen LogP contribution in [0.5, 0.6) is 0 Å². The molecule has 0 radical (unpaired) electrons. The molecule has 0 aliphatic heterocycles. The van der Waals surface area contributed by atoms with Gasteiger partial charge in [0.05, 0.1) is 6.26 Å². The highest BCUT2D eigenvalue weighted by molar-refractivity contribution is 5.95. The normalized spacial score (nSPS) is 12.2. The number of hydrogen-bond acceptors (Lipinski definition) is 4. The molecule has 0 spiro atoms. The maximum Gasteiger partial charge on any atom is 0.287 e. The highest BCUT2D eigenvalue weighted by Crippen LogP contribution is 2.00. The molecule has 1 atom stereocenters. The van der Waals surface area contributed by atoms with Gasteiger partial charge in [-0.3, -0.25) is 9.59 Å². The molecular formula is C15H24N2O4. The van der Waals surface area contributed by atoms with E-state index in [4.69, 9.17) is 9.15 Å². The van der Waals surface area contributed by atoms with E-state index >= 15 is 0 Å². The Morgan fingerprint density at radius 2 is 2.10 bits per heavy atom. The van der Waals surface area contributed by atoms with E-state index in [1.807, 2.05) is 0 Å². The fourth-order valence-corrected chi connectivity index (χ4v) is 1.60. The van der Waals surface area contributed by atoms with Crippen LogP contribution in [0.3, 0.4) is 0 Å². The van der Waals surface area contributed by atoms with Crippen molar-refractivity contribution in [3.05, 3.63) is 24.2 Å². The zero-order valence-electron chi connectivity index (χ0n) is 12.8. The third-order valence-electron chi connectivity index (χ3n) is 2.70.